The van der Waals surface area contributed by atoms with E-state index in [2.05, 4.69) is 10.6 Å². The number of benzene rings is 1. The van der Waals surface area contributed by atoms with Crippen molar-refractivity contribution in [1.82, 2.24) is 5.32 Å². The molecular weight excluding hydrogens is 388 g/mol. The fourth-order valence-corrected chi connectivity index (χ4v) is 4.93. The molecule has 2 amide bonds. The highest BCUT2D eigenvalue weighted by atomic mass is 32.1. The van der Waals surface area contributed by atoms with Gasteiger partial charge in [-0.25, -0.2) is 0 Å². The molecule has 0 saturated heterocycles. The van der Waals surface area contributed by atoms with Crippen molar-refractivity contribution in [2.45, 2.75) is 51.0 Å². The predicted molar refractivity (Wildman–Crippen MR) is 114 cm³/mol. The third-order valence-electron chi connectivity index (χ3n) is 5.34. The number of aliphatic hydroxyl groups is 1. The Labute approximate surface area is 175 Å². The van der Waals surface area contributed by atoms with Crippen LogP contribution < -0.4 is 15.4 Å². The Hall–Kier alpha value is -2.38. The lowest BCUT2D eigenvalue weighted by Gasteiger charge is -2.28. The number of carbonyl (C=O) groups excluding carboxylic acids is 2. The quantitative estimate of drug-likeness (QED) is 0.600. The summed E-state index contributed by atoms with van der Waals surface area (Å²) in [5, 5.41) is 15.3. The van der Waals surface area contributed by atoms with Crippen LogP contribution in [0.3, 0.4) is 0 Å². The molecule has 7 heteroatoms. The van der Waals surface area contributed by atoms with Crippen LogP contribution in [0.1, 0.15) is 55.4 Å². The molecule has 0 aliphatic heterocycles. The van der Waals surface area contributed by atoms with Gasteiger partial charge >= 0.3 is 11.8 Å². The molecular formula is C22H28N2O4S. The monoisotopic (exact) mass is 416 g/mol. The van der Waals surface area contributed by atoms with Gasteiger partial charge in [-0.1, -0.05) is 12.8 Å². The first-order valence-electron chi connectivity index (χ1n) is 10.0. The maximum absolute atomic E-state index is 12.4. The second-order valence-corrected chi connectivity index (χ2v) is 8.57. The molecule has 6 nitrogen and oxygen atoms in total. The lowest BCUT2D eigenvalue weighted by atomic mass is 9.84. The summed E-state index contributed by atoms with van der Waals surface area (Å²) in [5.41, 5.74) is 0.386. The number of amides is 2. The number of aliphatic hydroxyl groups excluding tert-OH is 1. The maximum atomic E-state index is 12.4. The SMILES string of the molecule is CCOc1ccc(NC(=O)C(=O)NCC2(c3ccc(C(C)O)s3)CCCC2)cc1. The van der Waals surface area contributed by atoms with Gasteiger partial charge in [-0.3, -0.25) is 9.59 Å². The molecule has 1 atom stereocenters. The number of ether oxygens (including phenoxy) is 1. The number of thiophene rings is 1. The van der Waals surface area contributed by atoms with Gasteiger partial charge in [0.25, 0.3) is 0 Å². The molecule has 1 unspecified atom stereocenters. The normalized spacial score (nSPS) is 16.2. The minimum Gasteiger partial charge on any atom is -0.494 e. The van der Waals surface area contributed by atoms with Crippen molar-refractivity contribution in [2.24, 2.45) is 0 Å². The van der Waals surface area contributed by atoms with Crippen LogP contribution in [-0.4, -0.2) is 30.1 Å². The van der Waals surface area contributed by atoms with Crippen LogP contribution in [0.15, 0.2) is 36.4 Å². The van der Waals surface area contributed by atoms with E-state index in [1.807, 2.05) is 19.1 Å². The summed E-state index contributed by atoms with van der Waals surface area (Å²) in [4.78, 5) is 26.7. The highest BCUT2D eigenvalue weighted by Gasteiger charge is 2.37. The Bertz CT molecular complexity index is 839. The topological polar surface area (TPSA) is 87.7 Å². The van der Waals surface area contributed by atoms with E-state index in [4.69, 9.17) is 4.74 Å². The Morgan fingerprint density at radius 2 is 1.83 bits per heavy atom. The molecule has 29 heavy (non-hydrogen) atoms. The summed E-state index contributed by atoms with van der Waals surface area (Å²) in [6.07, 6.45) is 3.62. The predicted octanol–water partition coefficient (Wildman–Crippen LogP) is 3.77. The van der Waals surface area contributed by atoms with Gasteiger partial charge in [0.15, 0.2) is 0 Å². The van der Waals surface area contributed by atoms with Gasteiger partial charge in [-0.15, -0.1) is 11.3 Å². The van der Waals surface area contributed by atoms with Crippen molar-refractivity contribution < 1.29 is 19.4 Å². The Balaban J connectivity index is 1.60. The van der Waals surface area contributed by atoms with E-state index in [9.17, 15) is 14.7 Å². The summed E-state index contributed by atoms with van der Waals surface area (Å²) < 4.78 is 5.37. The number of carbonyl (C=O) groups is 2. The lowest BCUT2D eigenvalue weighted by molar-refractivity contribution is -0.136. The molecule has 1 aliphatic rings. The van der Waals surface area contributed by atoms with Crippen molar-refractivity contribution in [1.29, 1.82) is 0 Å². The van der Waals surface area contributed by atoms with Gasteiger partial charge in [0.1, 0.15) is 5.75 Å². The fourth-order valence-electron chi connectivity index (χ4n) is 3.74. The molecule has 1 aliphatic carbocycles. The summed E-state index contributed by atoms with van der Waals surface area (Å²) in [5.74, 6) is -0.610. The van der Waals surface area contributed by atoms with Gasteiger partial charge in [-0.2, -0.15) is 0 Å². The zero-order valence-electron chi connectivity index (χ0n) is 16.9. The van der Waals surface area contributed by atoms with Crippen LogP contribution in [0.25, 0.3) is 0 Å². The highest BCUT2D eigenvalue weighted by molar-refractivity contribution is 7.12. The largest absolute Gasteiger partial charge is 0.494 e. The third-order valence-corrected chi connectivity index (χ3v) is 6.84. The second kappa shape index (κ2) is 9.41. The summed E-state index contributed by atoms with van der Waals surface area (Å²) >= 11 is 1.59. The smallest absolute Gasteiger partial charge is 0.313 e. The van der Waals surface area contributed by atoms with E-state index < -0.39 is 17.9 Å². The third kappa shape index (κ3) is 5.16. The zero-order valence-corrected chi connectivity index (χ0v) is 17.7. The van der Waals surface area contributed by atoms with Gasteiger partial charge in [0.05, 0.1) is 12.7 Å². The maximum Gasteiger partial charge on any atom is 0.313 e. The van der Waals surface area contributed by atoms with Gasteiger partial charge in [-0.05, 0) is 63.1 Å². The zero-order chi connectivity index (χ0) is 20.9. The molecule has 1 aromatic heterocycles. The number of nitrogens with one attached hydrogen (secondary N) is 2. The molecule has 2 aromatic rings. The number of anilines is 1. The van der Waals surface area contributed by atoms with Crippen molar-refractivity contribution in [3.63, 3.8) is 0 Å². The average Bonchev–Trinajstić information content (AvgIpc) is 3.38. The van der Waals surface area contributed by atoms with Crippen LogP contribution in [0.2, 0.25) is 0 Å². The number of hydrogen-bond donors (Lipinski definition) is 3. The van der Waals surface area contributed by atoms with E-state index in [1.165, 1.54) is 0 Å². The Morgan fingerprint density at radius 3 is 2.41 bits per heavy atom. The first-order chi connectivity index (χ1) is 13.9. The molecule has 1 fully saturated rings. The van der Waals surface area contributed by atoms with Crippen molar-refractivity contribution in [3.8, 4) is 5.75 Å². The molecule has 0 spiro atoms. The standard InChI is InChI=1S/C22H28N2O4S/c1-3-28-17-8-6-16(7-9-17)24-21(27)20(26)23-14-22(12-4-5-13-22)19-11-10-18(29-19)15(2)25/h6-11,15,25H,3-5,12-14H2,1-2H3,(H,23,26)(H,24,27). The molecule has 1 saturated carbocycles. The Morgan fingerprint density at radius 1 is 1.14 bits per heavy atom. The molecule has 0 radical (unpaired) electrons. The van der Waals surface area contributed by atoms with Crippen LogP contribution in [0, 0.1) is 0 Å². The fraction of sp³-hybridized carbons (Fsp3) is 0.455. The molecule has 0 bridgehead atoms. The second-order valence-electron chi connectivity index (χ2n) is 7.46. The molecule has 1 heterocycles. The first kappa shape index (κ1) is 21.3. The minimum absolute atomic E-state index is 0.160. The highest BCUT2D eigenvalue weighted by Crippen LogP contribution is 2.44. The lowest BCUT2D eigenvalue weighted by Crippen LogP contribution is -2.43. The summed E-state index contributed by atoms with van der Waals surface area (Å²) in [7, 11) is 0. The van der Waals surface area contributed by atoms with E-state index in [0.717, 1.165) is 35.4 Å². The molecule has 3 rings (SSSR count). The minimum atomic E-state index is -0.682. The molecule has 3 N–H and O–H groups in total. The van der Waals surface area contributed by atoms with E-state index in [1.54, 1.807) is 42.5 Å². The van der Waals surface area contributed by atoms with Crippen LogP contribution in [0.4, 0.5) is 5.69 Å². The summed E-state index contributed by atoms with van der Waals surface area (Å²) in [6, 6.07) is 10.9. The number of rotatable bonds is 7. The van der Waals surface area contributed by atoms with E-state index >= 15 is 0 Å². The van der Waals surface area contributed by atoms with Crippen molar-refractivity contribution in [2.75, 3.05) is 18.5 Å². The van der Waals surface area contributed by atoms with Crippen LogP contribution >= 0.6 is 11.3 Å². The van der Waals surface area contributed by atoms with Crippen LogP contribution in [-0.2, 0) is 15.0 Å². The van der Waals surface area contributed by atoms with Gasteiger partial charge < -0.3 is 20.5 Å². The van der Waals surface area contributed by atoms with Crippen LogP contribution in [0.5, 0.6) is 5.75 Å². The number of hydrogen-bond acceptors (Lipinski definition) is 5. The molecule has 156 valence electrons. The van der Waals surface area contributed by atoms with E-state index in [-0.39, 0.29) is 5.41 Å². The average molecular weight is 417 g/mol. The Kier molecular flexibility index (Phi) is 6.92. The summed E-state index contributed by atoms with van der Waals surface area (Å²) in [6.45, 7) is 4.64. The molecule has 1 aromatic carbocycles. The van der Waals surface area contributed by atoms with Gasteiger partial charge in [0.2, 0.25) is 0 Å². The van der Waals surface area contributed by atoms with Crippen molar-refractivity contribution in [3.05, 3.63) is 46.2 Å². The van der Waals surface area contributed by atoms with E-state index in [0.29, 0.717) is 24.6 Å². The van der Waals surface area contributed by atoms with Crippen molar-refractivity contribution >= 4 is 28.8 Å². The first-order valence-corrected chi connectivity index (χ1v) is 10.9. The van der Waals surface area contributed by atoms with Gasteiger partial charge in [0, 0.05) is 27.4 Å².